The summed E-state index contributed by atoms with van der Waals surface area (Å²) in [6, 6.07) is 0. The van der Waals surface area contributed by atoms with Gasteiger partial charge in [-0.2, -0.15) is 0 Å². The molecule has 0 bridgehead atoms. The third-order valence-electron chi connectivity index (χ3n) is 0. The molecule has 0 N–H and O–H groups in total. The van der Waals surface area contributed by atoms with Gasteiger partial charge >= 0.3 is 43.9 Å². The maximum Gasteiger partial charge on any atom is 3.00 e. The van der Waals surface area contributed by atoms with Crippen molar-refractivity contribution in [3.05, 3.63) is 0 Å². The zero-order chi connectivity index (χ0) is 3.58. The van der Waals surface area contributed by atoms with Crippen LogP contribution in [0.2, 0.25) is 0 Å². The van der Waals surface area contributed by atoms with Crippen LogP contribution in [0, 0.1) is 0 Å². The third kappa shape index (κ3) is 90.4. The number of carbonyl (C=O) groups is 1. The van der Waals surface area contributed by atoms with Crippen LogP contribution in [0.3, 0.4) is 0 Å². The smallest absolute Gasteiger partial charge is 0.550 e. The van der Waals surface area contributed by atoms with Crippen molar-refractivity contribution in [3.63, 3.8) is 0 Å². The fourth-order valence-electron chi connectivity index (χ4n) is 0. The van der Waals surface area contributed by atoms with Crippen LogP contribution < -0.4 is 5.11 Å². The van der Waals surface area contributed by atoms with Gasteiger partial charge in [0.2, 0.25) is 0 Å². The molecule has 2 radical (unpaired) electrons. The van der Waals surface area contributed by atoms with E-state index in [1.807, 2.05) is 0 Å². The number of rotatable bonds is 0. The molecule has 0 aliphatic carbocycles. The van der Waals surface area contributed by atoms with Gasteiger partial charge in [0.05, 0.1) is 0 Å². The molecule has 4 heteroatoms. The predicted octanol–water partition coefficient (Wildman–Crippen LogP) is -1.63. The van der Waals surface area contributed by atoms with Gasteiger partial charge in [-0.05, 0) is 6.92 Å². The molecule has 6 heavy (non-hydrogen) atoms. The number of carbonyl (C=O) groups excluding carboxylic acids is 1. The number of hydrogen-bond acceptors (Lipinski definition) is 2. The molecule has 0 aromatic rings. The molecular weight excluding hydrogens is 243 g/mol. The van der Waals surface area contributed by atoms with Crippen LogP contribution in [-0.2, 0) is 24.3 Å². The van der Waals surface area contributed by atoms with Crippen LogP contribution in [0.1, 0.15) is 6.92 Å². The minimum atomic E-state index is -1.08. The van der Waals surface area contributed by atoms with Crippen LogP contribution in [0.4, 0.5) is 0 Å². The molecule has 0 aromatic carbocycles. The van der Waals surface area contributed by atoms with Gasteiger partial charge in [0.15, 0.2) is 0 Å². The Labute approximate surface area is 66.5 Å². The minimum absolute atomic E-state index is 0. The summed E-state index contributed by atoms with van der Waals surface area (Å²) >= 11 is 0. The van der Waals surface area contributed by atoms with E-state index in [9.17, 15) is 0 Å². The van der Waals surface area contributed by atoms with Crippen LogP contribution >= 0.6 is 0 Å². The van der Waals surface area contributed by atoms with Gasteiger partial charge in [0.1, 0.15) is 0 Å². The molecule has 0 rings (SSSR count). The fourth-order valence-corrected chi connectivity index (χ4v) is 0. The van der Waals surface area contributed by atoms with E-state index in [4.69, 9.17) is 9.90 Å². The molecule has 2 nitrogen and oxygen atoms in total. The van der Waals surface area contributed by atoms with Crippen molar-refractivity contribution >= 4 is 30.4 Å². The molecule has 0 aliphatic heterocycles. The molecular formula is C2H3O2SbZn+4. The summed E-state index contributed by atoms with van der Waals surface area (Å²) in [5, 5.41) is 8.89. The van der Waals surface area contributed by atoms with Gasteiger partial charge in [-0.1, -0.05) is 0 Å². The quantitative estimate of drug-likeness (QED) is 0.482. The van der Waals surface area contributed by atoms with Crippen molar-refractivity contribution in [2.75, 3.05) is 0 Å². The van der Waals surface area contributed by atoms with E-state index < -0.39 is 5.97 Å². The standard InChI is InChI=1S/C2H4O2.Sb.Zn/c1-2(3)4;;/h1H3,(H,3,4);;/q;+3;+2/p-1. The first-order valence-corrected chi connectivity index (χ1v) is 0.908. The summed E-state index contributed by atoms with van der Waals surface area (Å²) in [6.07, 6.45) is 0. The molecule has 0 aromatic heterocycles. The van der Waals surface area contributed by atoms with Crippen molar-refractivity contribution in [2.45, 2.75) is 6.92 Å². The zero-order valence-electron chi connectivity index (χ0n) is 3.47. The SMILES string of the molecule is CC(=O)[O-].[Sb+3].[Zn+2]. The van der Waals surface area contributed by atoms with E-state index in [1.54, 1.807) is 0 Å². The average molecular weight is 246 g/mol. The molecule has 0 amide bonds. The Kier molecular flexibility index (Phi) is 24.5. The Morgan fingerprint density at radius 3 is 1.67 bits per heavy atom. The van der Waals surface area contributed by atoms with Crippen molar-refractivity contribution in [1.82, 2.24) is 0 Å². The van der Waals surface area contributed by atoms with Crippen molar-refractivity contribution in [2.24, 2.45) is 0 Å². The Hall–Kier alpha value is 0.912. The molecule has 0 atom stereocenters. The van der Waals surface area contributed by atoms with Crippen LogP contribution in [0.15, 0.2) is 0 Å². The molecule has 0 saturated carbocycles. The Morgan fingerprint density at radius 2 is 1.67 bits per heavy atom. The summed E-state index contributed by atoms with van der Waals surface area (Å²) in [5.74, 6) is -1.08. The molecule has 0 unspecified atom stereocenters. The second-order valence-corrected chi connectivity index (χ2v) is 0.492. The fraction of sp³-hybridized carbons (Fsp3) is 0.500. The Balaban J connectivity index is -0.0000000450. The second kappa shape index (κ2) is 9.32. The number of hydrogen-bond donors (Lipinski definition) is 0. The largest absolute Gasteiger partial charge is 3.00 e. The maximum atomic E-state index is 8.89. The van der Waals surface area contributed by atoms with Gasteiger partial charge in [-0.15, -0.1) is 0 Å². The Bertz CT molecular complexity index is 34.5. The monoisotopic (exact) mass is 244 g/mol. The first kappa shape index (κ1) is 15.8. The van der Waals surface area contributed by atoms with E-state index in [-0.39, 0.29) is 43.9 Å². The van der Waals surface area contributed by atoms with Gasteiger partial charge in [0.25, 0.3) is 0 Å². The third-order valence-corrected chi connectivity index (χ3v) is 0. The summed E-state index contributed by atoms with van der Waals surface area (Å²) in [6.45, 7) is 0.972. The van der Waals surface area contributed by atoms with Crippen LogP contribution in [0.25, 0.3) is 0 Å². The van der Waals surface area contributed by atoms with Crippen molar-refractivity contribution in [3.8, 4) is 0 Å². The van der Waals surface area contributed by atoms with Crippen LogP contribution in [0.5, 0.6) is 0 Å². The number of carboxylic acid groups (broad SMARTS) is 1. The van der Waals surface area contributed by atoms with E-state index in [1.165, 1.54) is 0 Å². The molecule has 0 heterocycles. The van der Waals surface area contributed by atoms with Gasteiger partial charge in [-0.25, -0.2) is 0 Å². The summed E-state index contributed by atoms with van der Waals surface area (Å²) < 4.78 is 0. The molecule has 0 spiro atoms. The van der Waals surface area contributed by atoms with Crippen molar-refractivity contribution in [1.29, 1.82) is 0 Å². The first-order valence-electron chi connectivity index (χ1n) is 0.908. The van der Waals surface area contributed by atoms with E-state index in [2.05, 4.69) is 0 Å². The predicted molar refractivity (Wildman–Crippen MR) is 16.4 cm³/mol. The van der Waals surface area contributed by atoms with E-state index in [0.29, 0.717) is 0 Å². The van der Waals surface area contributed by atoms with Crippen LogP contribution in [-0.4, -0.2) is 30.4 Å². The summed E-state index contributed by atoms with van der Waals surface area (Å²) in [4.78, 5) is 8.89. The summed E-state index contributed by atoms with van der Waals surface area (Å²) in [7, 11) is 0. The Morgan fingerprint density at radius 1 is 1.67 bits per heavy atom. The molecule has 0 aliphatic rings. The van der Waals surface area contributed by atoms with Gasteiger partial charge in [-0.3, -0.25) is 0 Å². The first-order chi connectivity index (χ1) is 1.73. The van der Waals surface area contributed by atoms with E-state index in [0.717, 1.165) is 6.92 Å². The van der Waals surface area contributed by atoms with Crippen molar-refractivity contribution < 1.29 is 29.4 Å². The molecule has 26 valence electrons. The number of aliphatic carboxylic acids is 1. The second-order valence-electron chi connectivity index (χ2n) is 0.492. The zero-order valence-corrected chi connectivity index (χ0v) is 8.99. The number of carboxylic acids is 1. The summed E-state index contributed by atoms with van der Waals surface area (Å²) in [5.41, 5.74) is 0. The molecule has 0 saturated heterocycles. The van der Waals surface area contributed by atoms with Gasteiger partial charge in [0, 0.05) is 5.97 Å². The normalized spacial score (nSPS) is 4.17. The van der Waals surface area contributed by atoms with E-state index >= 15 is 0 Å². The molecule has 0 fully saturated rings. The topological polar surface area (TPSA) is 40.1 Å². The maximum absolute atomic E-state index is 8.89. The van der Waals surface area contributed by atoms with Gasteiger partial charge < -0.3 is 9.90 Å². The average Bonchev–Trinajstić information content (AvgIpc) is 0.811. The minimum Gasteiger partial charge on any atom is -0.550 e.